The van der Waals surface area contributed by atoms with Gasteiger partial charge in [-0.25, -0.2) is 0 Å². The van der Waals surface area contributed by atoms with E-state index in [-0.39, 0.29) is 12.8 Å². The lowest BCUT2D eigenvalue weighted by atomic mass is 9.58. The highest BCUT2D eigenvalue weighted by Gasteiger charge is 2.49. The number of carbonyl (C=O) groups excluding carboxylic acids is 3. The summed E-state index contributed by atoms with van der Waals surface area (Å²) in [6.45, 7) is 2.39. The van der Waals surface area contributed by atoms with Crippen molar-refractivity contribution in [2.24, 2.45) is 0 Å². The van der Waals surface area contributed by atoms with Gasteiger partial charge in [-0.05, 0) is 31.8 Å². The van der Waals surface area contributed by atoms with Crippen molar-refractivity contribution >= 4 is 30.0 Å². The second-order valence-corrected chi connectivity index (χ2v) is 5.01. The Labute approximate surface area is 122 Å². The summed E-state index contributed by atoms with van der Waals surface area (Å²) in [6.07, 6.45) is 0.459. The van der Waals surface area contributed by atoms with Gasteiger partial charge in [0.1, 0.15) is 0 Å². The molecule has 0 bridgehead atoms. The lowest BCUT2D eigenvalue weighted by Crippen LogP contribution is -2.54. The number of nitrogens with one attached hydrogen (secondary N) is 1. The maximum Gasteiger partial charge on any atom is 0.637 e. The standard InChI is InChI=1S/C14H16BNO5/c1-10-6-3-4-7-11(10)16-14(19)15(2)20-12(17)8-5-9-13(18)21-15/h3-4,6-7H,2,5,8-9H2,1H3,(H,16,19). The summed E-state index contributed by atoms with van der Waals surface area (Å²) in [7, 11) is 0. The quantitative estimate of drug-likeness (QED) is 0.666. The summed E-state index contributed by atoms with van der Waals surface area (Å²) in [5.74, 6) is -1.94. The Morgan fingerprint density at radius 2 is 1.76 bits per heavy atom. The SMILES string of the molecule is [CH2+][B-]1(C(=O)Nc2ccccc2C)OC(=O)CCCC(=O)O1. The van der Waals surface area contributed by atoms with Gasteiger partial charge in [0.25, 0.3) is 11.9 Å². The van der Waals surface area contributed by atoms with E-state index in [9.17, 15) is 14.4 Å². The maximum absolute atomic E-state index is 12.3. The molecule has 1 saturated heterocycles. The van der Waals surface area contributed by atoms with Gasteiger partial charge in [-0.15, -0.1) is 0 Å². The minimum Gasteiger partial charge on any atom is -0.610 e. The van der Waals surface area contributed by atoms with Crippen LogP contribution in [0, 0.1) is 13.7 Å². The number of benzene rings is 1. The van der Waals surface area contributed by atoms with E-state index in [0.717, 1.165) is 5.56 Å². The first-order chi connectivity index (χ1) is 9.90. The highest BCUT2D eigenvalue weighted by atomic mass is 16.7. The molecule has 1 aliphatic heterocycles. The number of carbonyl (C=O) groups is 3. The van der Waals surface area contributed by atoms with Crippen LogP contribution < -0.4 is 5.32 Å². The number of rotatable bonds is 2. The number of hydrogen-bond donors (Lipinski definition) is 1. The minimum absolute atomic E-state index is 0.0613. The first kappa shape index (κ1) is 15.0. The molecule has 0 radical (unpaired) electrons. The molecule has 7 heteroatoms. The molecule has 1 amide bonds. The van der Waals surface area contributed by atoms with Gasteiger partial charge in [0.15, 0.2) is 0 Å². The van der Waals surface area contributed by atoms with Crippen LogP contribution in [0.25, 0.3) is 0 Å². The average Bonchev–Trinajstić information content (AvgIpc) is 2.39. The number of aryl methyl sites for hydroxylation is 1. The van der Waals surface area contributed by atoms with Gasteiger partial charge in [-0.2, -0.15) is 0 Å². The first-order valence-corrected chi connectivity index (χ1v) is 6.72. The lowest BCUT2D eigenvalue weighted by Gasteiger charge is -2.31. The van der Waals surface area contributed by atoms with Crippen LogP contribution in [0.5, 0.6) is 0 Å². The second kappa shape index (κ2) is 5.91. The van der Waals surface area contributed by atoms with E-state index in [4.69, 9.17) is 9.31 Å². The fourth-order valence-corrected chi connectivity index (χ4v) is 2.01. The van der Waals surface area contributed by atoms with Crippen molar-refractivity contribution in [1.82, 2.24) is 0 Å². The summed E-state index contributed by atoms with van der Waals surface area (Å²) in [6, 6.07) is 7.08. The van der Waals surface area contributed by atoms with E-state index < -0.39 is 24.3 Å². The highest BCUT2D eigenvalue weighted by Crippen LogP contribution is 2.20. The van der Waals surface area contributed by atoms with Gasteiger partial charge in [0.05, 0.1) is 0 Å². The monoisotopic (exact) mass is 289 g/mol. The third-order valence-corrected chi connectivity index (χ3v) is 3.21. The molecule has 0 saturated carbocycles. The number of hydrogen-bond acceptors (Lipinski definition) is 5. The number of amides is 1. The molecule has 0 atom stereocenters. The molecule has 1 heterocycles. The molecule has 0 spiro atoms. The molecule has 6 nitrogen and oxygen atoms in total. The number of para-hydroxylation sites is 1. The molecular weight excluding hydrogens is 273 g/mol. The Hall–Kier alpha value is -2.44. The van der Waals surface area contributed by atoms with Gasteiger partial charge in [0.2, 0.25) is 5.81 Å². The van der Waals surface area contributed by atoms with Crippen LogP contribution in [-0.2, 0) is 18.9 Å². The van der Waals surface area contributed by atoms with Gasteiger partial charge < -0.3 is 19.4 Å². The maximum atomic E-state index is 12.3. The highest BCUT2D eigenvalue weighted by molar-refractivity contribution is 7.01. The molecular formula is C14H16BNO5. The molecule has 110 valence electrons. The molecule has 2 rings (SSSR count). The summed E-state index contributed by atoms with van der Waals surface area (Å²) in [5, 5.41) is 2.58. The third kappa shape index (κ3) is 3.56. The molecule has 21 heavy (non-hydrogen) atoms. The van der Waals surface area contributed by atoms with Crippen LogP contribution in [0.1, 0.15) is 24.8 Å². The van der Waals surface area contributed by atoms with Crippen molar-refractivity contribution in [1.29, 1.82) is 0 Å². The number of anilines is 1. The molecule has 1 N–H and O–H groups in total. The molecule has 1 aromatic rings. The van der Waals surface area contributed by atoms with E-state index in [1.807, 2.05) is 19.1 Å². The zero-order chi connectivity index (χ0) is 15.5. The normalized spacial score (nSPS) is 18.0. The Morgan fingerprint density at radius 1 is 1.19 bits per heavy atom. The molecule has 1 aromatic carbocycles. The Morgan fingerprint density at radius 3 is 2.33 bits per heavy atom. The minimum atomic E-state index is -2.94. The summed E-state index contributed by atoms with van der Waals surface area (Å²) < 4.78 is 9.96. The van der Waals surface area contributed by atoms with Crippen molar-refractivity contribution < 1.29 is 23.7 Å². The Kier molecular flexibility index (Phi) is 4.21. The summed E-state index contributed by atoms with van der Waals surface area (Å²) in [4.78, 5) is 35.4. The summed E-state index contributed by atoms with van der Waals surface area (Å²) >= 11 is 0. The predicted molar refractivity (Wildman–Crippen MR) is 77.3 cm³/mol. The van der Waals surface area contributed by atoms with E-state index in [0.29, 0.717) is 12.1 Å². The van der Waals surface area contributed by atoms with Crippen molar-refractivity contribution in [3.05, 3.63) is 36.7 Å². The molecule has 0 unspecified atom stereocenters. The Bertz CT molecular complexity index is 568. The topological polar surface area (TPSA) is 81.7 Å². The Balaban J connectivity index is 2.19. The molecule has 0 aliphatic carbocycles. The lowest BCUT2D eigenvalue weighted by molar-refractivity contribution is -0.143. The first-order valence-electron chi connectivity index (χ1n) is 6.72. The second-order valence-electron chi connectivity index (χ2n) is 5.01. The van der Waals surface area contributed by atoms with Crippen LogP contribution in [0.2, 0.25) is 0 Å². The van der Waals surface area contributed by atoms with Crippen molar-refractivity contribution in [3.8, 4) is 0 Å². The molecule has 1 aliphatic rings. The fourth-order valence-electron chi connectivity index (χ4n) is 2.01. The smallest absolute Gasteiger partial charge is 0.610 e. The van der Waals surface area contributed by atoms with Gasteiger partial charge >= 0.3 is 6.55 Å². The van der Waals surface area contributed by atoms with Gasteiger partial charge in [-0.1, -0.05) is 18.2 Å². The predicted octanol–water partition coefficient (Wildman–Crippen LogP) is 2.19. The van der Waals surface area contributed by atoms with Crippen LogP contribution in [0.4, 0.5) is 10.5 Å². The fraction of sp³-hybridized carbons (Fsp3) is 0.286. The third-order valence-electron chi connectivity index (χ3n) is 3.21. The van der Waals surface area contributed by atoms with Crippen molar-refractivity contribution in [3.63, 3.8) is 0 Å². The van der Waals surface area contributed by atoms with Crippen LogP contribution in [-0.4, -0.2) is 24.3 Å². The largest absolute Gasteiger partial charge is 0.637 e. The molecule has 1 fully saturated rings. The van der Waals surface area contributed by atoms with Gasteiger partial charge in [-0.3, -0.25) is 9.59 Å². The average molecular weight is 289 g/mol. The van der Waals surface area contributed by atoms with Crippen molar-refractivity contribution in [2.75, 3.05) is 5.32 Å². The summed E-state index contributed by atoms with van der Waals surface area (Å²) in [5.41, 5.74) is 1.37. The van der Waals surface area contributed by atoms with E-state index in [1.54, 1.807) is 12.1 Å². The van der Waals surface area contributed by atoms with Crippen LogP contribution in [0.15, 0.2) is 24.3 Å². The van der Waals surface area contributed by atoms with Crippen LogP contribution in [0.3, 0.4) is 0 Å². The van der Waals surface area contributed by atoms with Crippen molar-refractivity contribution in [2.45, 2.75) is 26.2 Å². The van der Waals surface area contributed by atoms with E-state index >= 15 is 0 Å². The van der Waals surface area contributed by atoms with Crippen LogP contribution >= 0.6 is 0 Å². The molecule has 0 aromatic heterocycles. The van der Waals surface area contributed by atoms with E-state index in [2.05, 4.69) is 12.1 Å². The van der Waals surface area contributed by atoms with Gasteiger partial charge in [0, 0.05) is 18.5 Å². The zero-order valence-corrected chi connectivity index (χ0v) is 11.8. The van der Waals surface area contributed by atoms with E-state index in [1.165, 1.54) is 0 Å². The zero-order valence-electron chi connectivity index (χ0n) is 11.8.